The third kappa shape index (κ3) is 1.64. The summed E-state index contributed by atoms with van der Waals surface area (Å²) in [6, 6.07) is 0. The van der Waals surface area contributed by atoms with E-state index in [-0.39, 0.29) is 5.78 Å². The Balaban J connectivity index is 3.39. The largest absolute Gasteiger partial charge is 0.384 e. The average Bonchev–Trinajstić information content (AvgIpc) is 2.11. The van der Waals surface area contributed by atoms with E-state index < -0.39 is 28.5 Å². The quantitative estimate of drug-likeness (QED) is 0.606. The Morgan fingerprint density at radius 1 is 1.00 bits per heavy atom. The molecule has 5 nitrogen and oxygen atoms in total. The molecule has 0 aromatic carbocycles. The van der Waals surface area contributed by atoms with E-state index in [9.17, 15) is 20.1 Å². The van der Waals surface area contributed by atoms with Gasteiger partial charge >= 0.3 is 0 Å². The first kappa shape index (κ1) is 14.6. The van der Waals surface area contributed by atoms with Crippen molar-refractivity contribution in [2.75, 3.05) is 0 Å². The van der Waals surface area contributed by atoms with Crippen LogP contribution in [0.1, 0.15) is 41.5 Å². The Kier molecular flexibility index (Phi) is 3.01. The summed E-state index contributed by atoms with van der Waals surface area (Å²) in [5.41, 5.74) is -6.60. The second-order valence-electron chi connectivity index (χ2n) is 5.91. The Bertz CT molecular complexity index is 341. The van der Waals surface area contributed by atoms with Gasteiger partial charge in [-0.15, -0.1) is 0 Å². The Labute approximate surface area is 101 Å². The number of ether oxygens (including phenoxy) is 1. The summed E-state index contributed by atoms with van der Waals surface area (Å²) in [6.07, 6.45) is -1.17. The number of hydrogen-bond acceptors (Lipinski definition) is 5. The lowest BCUT2D eigenvalue weighted by Crippen LogP contribution is -2.80. The highest BCUT2D eigenvalue weighted by Crippen LogP contribution is 2.48. The molecule has 4 atom stereocenters. The molecule has 0 spiro atoms. The number of carbonyl (C=O) groups is 1. The van der Waals surface area contributed by atoms with E-state index in [1.165, 1.54) is 27.7 Å². The minimum Gasteiger partial charge on any atom is -0.384 e. The van der Waals surface area contributed by atoms with Crippen LogP contribution in [0.4, 0.5) is 0 Å². The molecular weight excluding hydrogens is 224 g/mol. The van der Waals surface area contributed by atoms with Gasteiger partial charge in [0.15, 0.2) is 5.78 Å². The summed E-state index contributed by atoms with van der Waals surface area (Å²) in [5, 5.41) is 31.2. The summed E-state index contributed by atoms with van der Waals surface area (Å²) in [6.45, 7) is 8.43. The molecule has 2 unspecified atom stereocenters. The van der Waals surface area contributed by atoms with Gasteiger partial charge < -0.3 is 20.1 Å². The predicted molar refractivity (Wildman–Crippen MR) is 61.5 cm³/mol. The van der Waals surface area contributed by atoms with E-state index in [1.54, 1.807) is 13.8 Å². The van der Waals surface area contributed by atoms with Gasteiger partial charge in [-0.3, -0.25) is 4.79 Å². The molecule has 3 N–H and O–H groups in total. The second-order valence-corrected chi connectivity index (χ2v) is 5.91. The molecule has 0 bridgehead atoms. The maximum Gasteiger partial charge on any atom is 0.161 e. The zero-order valence-corrected chi connectivity index (χ0v) is 11.2. The van der Waals surface area contributed by atoms with E-state index in [1.807, 2.05) is 0 Å². The van der Waals surface area contributed by atoms with Crippen LogP contribution in [0.5, 0.6) is 0 Å². The minimum atomic E-state index is -1.88. The molecule has 0 aromatic heterocycles. The molecule has 1 aliphatic heterocycles. The first-order valence-electron chi connectivity index (χ1n) is 5.64. The number of hydrogen-bond donors (Lipinski definition) is 3. The van der Waals surface area contributed by atoms with Crippen LogP contribution in [0.3, 0.4) is 0 Å². The highest BCUT2D eigenvalue weighted by Gasteiger charge is 2.69. The van der Waals surface area contributed by atoms with Crippen LogP contribution in [-0.4, -0.2) is 49.6 Å². The normalized spacial score (nSPS) is 50.1. The number of aliphatic hydroxyl groups is 3. The first-order valence-corrected chi connectivity index (χ1v) is 5.64. The van der Waals surface area contributed by atoms with Crippen molar-refractivity contribution in [3.63, 3.8) is 0 Å². The Morgan fingerprint density at radius 3 is 1.76 bits per heavy atom. The van der Waals surface area contributed by atoms with E-state index in [0.29, 0.717) is 0 Å². The number of carbonyl (C=O) groups excluding carboxylic acids is 1. The fourth-order valence-electron chi connectivity index (χ4n) is 2.34. The van der Waals surface area contributed by atoms with E-state index >= 15 is 0 Å². The van der Waals surface area contributed by atoms with Crippen LogP contribution in [0.25, 0.3) is 0 Å². The number of ketones is 1. The zero-order chi connectivity index (χ0) is 13.9. The van der Waals surface area contributed by atoms with Crippen LogP contribution >= 0.6 is 0 Å². The van der Waals surface area contributed by atoms with Crippen molar-refractivity contribution in [3.05, 3.63) is 0 Å². The summed E-state index contributed by atoms with van der Waals surface area (Å²) in [7, 11) is 0. The molecule has 0 amide bonds. The van der Waals surface area contributed by atoms with Gasteiger partial charge in [0.05, 0.1) is 5.60 Å². The van der Waals surface area contributed by atoms with Crippen molar-refractivity contribution in [1.29, 1.82) is 0 Å². The Morgan fingerprint density at radius 2 is 1.41 bits per heavy atom. The highest BCUT2D eigenvalue weighted by molar-refractivity contribution is 5.82. The maximum absolute atomic E-state index is 11.5. The molecule has 1 saturated heterocycles. The maximum atomic E-state index is 11.5. The molecule has 1 aliphatic rings. The fraction of sp³-hybridized carbons (Fsp3) is 0.917. The third-order valence-electron chi connectivity index (χ3n) is 4.40. The molecular formula is C12H22O5. The molecule has 1 heterocycles. The molecule has 5 heteroatoms. The van der Waals surface area contributed by atoms with Gasteiger partial charge in [-0.2, -0.15) is 0 Å². The third-order valence-corrected chi connectivity index (χ3v) is 4.40. The summed E-state index contributed by atoms with van der Waals surface area (Å²) >= 11 is 0. The SMILES string of the molecule is CC(=O)C1OC(C)(C)C(C)(O)[C@](C)(O)[C@]1(C)O. The zero-order valence-electron chi connectivity index (χ0n) is 11.2. The monoisotopic (exact) mass is 246 g/mol. The van der Waals surface area contributed by atoms with Crippen molar-refractivity contribution < 1.29 is 24.9 Å². The molecule has 0 saturated carbocycles. The molecule has 1 fully saturated rings. The molecule has 17 heavy (non-hydrogen) atoms. The lowest BCUT2D eigenvalue weighted by Gasteiger charge is -2.60. The molecule has 100 valence electrons. The van der Waals surface area contributed by atoms with Gasteiger partial charge in [0, 0.05) is 0 Å². The van der Waals surface area contributed by atoms with Crippen molar-refractivity contribution >= 4 is 5.78 Å². The smallest absolute Gasteiger partial charge is 0.161 e. The molecule has 0 aromatic rings. The average molecular weight is 246 g/mol. The lowest BCUT2D eigenvalue weighted by molar-refractivity contribution is -0.357. The second kappa shape index (κ2) is 3.51. The summed E-state index contributed by atoms with van der Waals surface area (Å²) in [5.74, 6) is -0.390. The van der Waals surface area contributed by atoms with Gasteiger partial charge in [0.1, 0.15) is 22.9 Å². The predicted octanol–water partition coefficient (Wildman–Crippen LogP) is 0.00580. The van der Waals surface area contributed by atoms with Gasteiger partial charge in [-0.05, 0) is 41.5 Å². The van der Waals surface area contributed by atoms with Gasteiger partial charge in [-0.25, -0.2) is 0 Å². The topological polar surface area (TPSA) is 87.0 Å². The summed E-state index contributed by atoms with van der Waals surface area (Å²) < 4.78 is 5.49. The first-order chi connectivity index (χ1) is 7.29. The lowest BCUT2D eigenvalue weighted by atomic mass is 9.62. The van der Waals surface area contributed by atoms with Crippen molar-refractivity contribution in [3.8, 4) is 0 Å². The van der Waals surface area contributed by atoms with E-state index in [0.717, 1.165) is 0 Å². The van der Waals surface area contributed by atoms with Gasteiger partial charge in [0.25, 0.3) is 0 Å². The van der Waals surface area contributed by atoms with Gasteiger partial charge in [-0.1, -0.05) is 0 Å². The minimum absolute atomic E-state index is 0.390. The van der Waals surface area contributed by atoms with Crippen LogP contribution in [0.15, 0.2) is 0 Å². The van der Waals surface area contributed by atoms with Crippen molar-refractivity contribution in [2.45, 2.75) is 70.1 Å². The number of rotatable bonds is 1. The summed E-state index contributed by atoms with van der Waals surface area (Å²) in [4.78, 5) is 11.5. The van der Waals surface area contributed by atoms with E-state index in [2.05, 4.69) is 0 Å². The van der Waals surface area contributed by atoms with Crippen molar-refractivity contribution in [2.24, 2.45) is 0 Å². The van der Waals surface area contributed by atoms with Crippen molar-refractivity contribution in [1.82, 2.24) is 0 Å². The van der Waals surface area contributed by atoms with E-state index in [4.69, 9.17) is 4.74 Å². The molecule has 0 aliphatic carbocycles. The Hall–Kier alpha value is -0.490. The highest BCUT2D eigenvalue weighted by atomic mass is 16.6. The molecule has 0 radical (unpaired) electrons. The van der Waals surface area contributed by atoms with Crippen LogP contribution in [0.2, 0.25) is 0 Å². The van der Waals surface area contributed by atoms with Crippen LogP contribution < -0.4 is 0 Å². The molecule has 1 rings (SSSR count). The van der Waals surface area contributed by atoms with Gasteiger partial charge in [0.2, 0.25) is 0 Å². The standard InChI is InChI=1S/C12H22O5/c1-7(13)8-10(4,14)12(6,16)11(5,15)9(2,3)17-8/h8,14-16H,1-6H3/t8?,10-,11?,12-/m1/s1. The van der Waals surface area contributed by atoms with Crippen LogP contribution in [-0.2, 0) is 9.53 Å². The number of Topliss-reactive ketones (excluding diaryl/α,β-unsaturated/α-hetero) is 1. The fourth-order valence-corrected chi connectivity index (χ4v) is 2.34. The van der Waals surface area contributed by atoms with Crippen LogP contribution in [0, 0.1) is 0 Å².